The first-order valence-corrected chi connectivity index (χ1v) is 9.20. The fraction of sp³-hybridized carbons (Fsp3) is 0.444. The number of imidazole rings is 1. The summed E-state index contributed by atoms with van der Waals surface area (Å²) in [6.07, 6.45) is 8.30. The summed E-state index contributed by atoms with van der Waals surface area (Å²) in [5.41, 5.74) is 0.999. The van der Waals surface area contributed by atoms with Crippen LogP contribution in [0.3, 0.4) is 0 Å². The number of hydrogen-bond acceptors (Lipinski definition) is 4. The third-order valence-electron chi connectivity index (χ3n) is 4.31. The number of aromatic nitrogens is 2. The van der Waals surface area contributed by atoms with E-state index in [0.29, 0.717) is 6.04 Å². The van der Waals surface area contributed by atoms with Crippen LogP contribution in [0.1, 0.15) is 32.6 Å². The smallest absolute Gasteiger partial charge is 0.233 e. The molecule has 128 valence electrons. The Kier molecular flexibility index (Phi) is 5.45. The molecule has 1 heterocycles. The summed E-state index contributed by atoms with van der Waals surface area (Å²) in [5, 5.41) is 3.79. The zero-order valence-electron chi connectivity index (χ0n) is 14.1. The van der Waals surface area contributed by atoms with Crippen molar-refractivity contribution in [3.05, 3.63) is 36.7 Å². The minimum absolute atomic E-state index is 0.0937. The van der Waals surface area contributed by atoms with Crippen molar-refractivity contribution >= 4 is 17.7 Å². The molecule has 0 radical (unpaired) electrons. The number of carbonyl (C=O) groups is 1. The molecule has 0 aliphatic heterocycles. The Morgan fingerprint density at radius 1 is 1.33 bits per heavy atom. The van der Waals surface area contributed by atoms with Crippen LogP contribution in [0.25, 0.3) is 5.69 Å². The van der Waals surface area contributed by atoms with Crippen molar-refractivity contribution in [3.63, 3.8) is 0 Å². The number of benzene rings is 1. The Bertz CT molecular complexity index is 678. The van der Waals surface area contributed by atoms with Crippen molar-refractivity contribution in [2.24, 2.45) is 0 Å². The quantitative estimate of drug-likeness (QED) is 0.815. The predicted molar refractivity (Wildman–Crippen MR) is 95.8 cm³/mol. The maximum atomic E-state index is 12.4. The van der Waals surface area contributed by atoms with E-state index in [2.05, 4.69) is 10.3 Å². The van der Waals surface area contributed by atoms with Crippen LogP contribution in [0.15, 0.2) is 41.8 Å². The fourth-order valence-corrected chi connectivity index (χ4v) is 3.81. The number of methoxy groups -OCH3 is 1. The molecule has 24 heavy (non-hydrogen) atoms. The summed E-state index contributed by atoms with van der Waals surface area (Å²) in [7, 11) is 1.65. The molecule has 1 saturated carbocycles. The fourth-order valence-electron chi connectivity index (χ4n) is 2.92. The maximum Gasteiger partial charge on any atom is 0.233 e. The summed E-state index contributed by atoms with van der Waals surface area (Å²) >= 11 is 1.48. The van der Waals surface area contributed by atoms with E-state index in [1.54, 1.807) is 13.3 Å². The van der Waals surface area contributed by atoms with E-state index in [1.165, 1.54) is 24.6 Å². The second-order valence-corrected chi connectivity index (χ2v) is 7.34. The number of carbonyl (C=O) groups excluding carboxylic acids is 1. The van der Waals surface area contributed by atoms with Crippen LogP contribution in [0.2, 0.25) is 0 Å². The second-order valence-electron chi connectivity index (χ2n) is 6.03. The Balaban J connectivity index is 1.66. The lowest BCUT2D eigenvalue weighted by molar-refractivity contribution is -0.120. The van der Waals surface area contributed by atoms with Crippen molar-refractivity contribution < 1.29 is 9.53 Å². The topological polar surface area (TPSA) is 56.2 Å². The number of nitrogens with one attached hydrogen (secondary N) is 1. The molecule has 1 aliphatic rings. The van der Waals surface area contributed by atoms with Crippen molar-refractivity contribution in [2.45, 2.75) is 49.1 Å². The van der Waals surface area contributed by atoms with E-state index in [0.717, 1.165) is 29.4 Å². The van der Waals surface area contributed by atoms with Gasteiger partial charge in [-0.05, 0) is 44.0 Å². The van der Waals surface area contributed by atoms with Crippen molar-refractivity contribution in [1.29, 1.82) is 0 Å². The third-order valence-corrected chi connectivity index (χ3v) is 5.39. The van der Waals surface area contributed by atoms with Crippen LogP contribution in [0, 0.1) is 0 Å². The van der Waals surface area contributed by atoms with E-state index in [-0.39, 0.29) is 11.2 Å². The van der Waals surface area contributed by atoms with Gasteiger partial charge in [-0.25, -0.2) is 4.98 Å². The van der Waals surface area contributed by atoms with Crippen molar-refractivity contribution in [2.75, 3.05) is 7.11 Å². The van der Waals surface area contributed by atoms with Gasteiger partial charge in [0.2, 0.25) is 5.91 Å². The minimum Gasteiger partial charge on any atom is -0.497 e. The third kappa shape index (κ3) is 3.93. The van der Waals surface area contributed by atoms with E-state index < -0.39 is 0 Å². The van der Waals surface area contributed by atoms with E-state index in [1.807, 2.05) is 42.0 Å². The molecule has 1 N–H and O–H groups in total. The summed E-state index contributed by atoms with van der Waals surface area (Å²) in [6.45, 7) is 1.93. The molecule has 0 spiro atoms. The summed E-state index contributed by atoms with van der Waals surface area (Å²) < 4.78 is 7.18. The highest BCUT2D eigenvalue weighted by Crippen LogP contribution is 2.26. The summed E-state index contributed by atoms with van der Waals surface area (Å²) in [5.74, 6) is 0.911. The summed E-state index contributed by atoms with van der Waals surface area (Å²) in [4.78, 5) is 16.8. The lowest BCUT2D eigenvalue weighted by atomic mass is 10.2. The van der Waals surface area contributed by atoms with E-state index >= 15 is 0 Å². The number of hydrogen-bond donors (Lipinski definition) is 1. The van der Waals surface area contributed by atoms with Gasteiger partial charge in [0.25, 0.3) is 0 Å². The Morgan fingerprint density at radius 3 is 2.71 bits per heavy atom. The zero-order valence-corrected chi connectivity index (χ0v) is 14.9. The number of thioether (sulfide) groups is 1. The Hall–Kier alpha value is -1.95. The molecule has 2 aromatic rings. The standard InChI is InChI=1S/C18H23N3O2S/c1-13(17(22)20-14-5-3-4-6-14)24-18-19-11-12-21(18)15-7-9-16(23-2)10-8-15/h7-14H,3-6H2,1-2H3,(H,20,22). The van der Waals surface area contributed by atoms with Crippen LogP contribution in [-0.2, 0) is 4.79 Å². The van der Waals surface area contributed by atoms with Crippen LogP contribution < -0.4 is 10.1 Å². The van der Waals surface area contributed by atoms with Gasteiger partial charge in [-0.2, -0.15) is 0 Å². The molecule has 1 atom stereocenters. The van der Waals surface area contributed by atoms with Gasteiger partial charge in [0.05, 0.1) is 12.4 Å². The van der Waals surface area contributed by atoms with E-state index in [4.69, 9.17) is 4.74 Å². The molecule has 1 aromatic carbocycles. The van der Waals surface area contributed by atoms with Gasteiger partial charge in [-0.1, -0.05) is 24.6 Å². The van der Waals surface area contributed by atoms with Crippen LogP contribution in [-0.4, -0.2) is 33.9 Å². The molecule has 1 aromatic heterocycles. The lowest BCUT2D eigenvalue weighted by Gasteiger charge is -2.16. The number of amides is 1. The summed E-state index contributed by atoms with van der Waals surface area (Å²) in [6, 6.07) is 8.14. The number of ether oxygens (including phenoxy) is 1. The monoisotopic (exact) mass is 345 g/mol. The van der Waals surface area contributed by atoms with Gasteiger partial charge in [-0.15, -0.1) is 0 Å². The van der Waals surface area contributed by atoms with Crippen LogP contribution >= 0.6 is 11.8 Å². The van der Waals surface area contributed by atoms with Gasteiger partial charge in [0, 0.05) is 24.1 Å². The molecule has 1 unspecified atom stereocenters. The first-order valence-electron chi connectivity index (χ1n) is 8.32. The molecule has 0 bridgehead atoms. The van der Waals surface area contributed by atoms with E-state index in [9.17, 15) is 4.79 Å². The minimum atomic E-state index is -0.176. The molecular formula is C18H23N3O2S. The first-order chi connectivity index (χ1) is 11.7. The lowest BCUT2D eigenvalue weighted by Crippen LogP contribution is -2.37. The van der Waals surface area contributed by atoms with Gasteiger partial charge < -0.3 is 10.1 Å². The molecule has 1 amide bonds. The maximum absolute atomic E-state index is 12.4. The van der Waals surface area contributed by atoms with Gasteiger partial charge in [0.1, 0.15) is 5.75 Å². The zero-order chi connectivity index (χ0) is 16.9. The predicted octanol–water partition coefficient (Wildman–Crippen LogP) is 3.42. The molecule has 6 heteroatoms. The molecule has 1 aliphatic carbocycles. The average molecular weight is 345 g/mol. The van der Waals surface area contributed by atoms with Crippen molar-refractivity contribution in [3.8, 4) is 11.4 Å². The Labute approximate surface area is 146 Å². The normalized spacial score (nSPS) is 16.1. The van der Waals surface area contributed by atoms with Gasteiger partial charge in [0.15, 0.2) is 5.16 Å². The SMILES string of the molecule is COc1ccc(-n2ccnc2SC(C)C(=O)NC2CCCC2)cc1. The van der Waals surface area contributed by atoms with Crippen LogP contribution in [0.5, 0.6) is 5.75 Å². The first kappa shape index (κ1) is 16.9. The number of nitrogens with zero attached hydrogens (tertiary/aromatic N) is 2. The largest absolute Gasteiger partial charge is 0.497 e. The molecule has 0 saturated heterocycles. The Morgan fingerprint density at radius 2 is 2.04 bits per heavy atom. The molecule has 3 rings (SSSR count). The average Bonchev–Trinajstić information content (AvgIpc) is 3.27. The molecule has 1 fully saturated rings. The highest BCUT2D eigenvalue weighted by molar-refractivity contribution is 8.00. The van der Waals surface area contributed by atoms with Gasteiger partial charge in [-0.3, -0.25) is 9.36 Å². The highest BCUT2D eigenvalue weighted by atomic mass is 32.2. The second kappa shape index (κ2) is 7.75. The number of rotatable bonds is 6. The van der Waals surface area contributed by atoms with Crippen molar-refractivity contribution in [1.82, 2.24) is 14.9 Å². The molecular weight excluding hydrogens is 322 g/mol. The highest BCUT2D eigenvalue weighted by Gasteiger charge is 2.22. The van der Waals surface area contributed by atoms with Gasteiger partial charge >= 0.3 is 0 Å². The molecule has 5 nitrogen and oxygen atoms in total. The van der Waals surface area contributed by atoms with Crippen LogP contribution in [0.4, 0.5) is 0 Å².